The molecule has 8 heterocycles. The van der Waals surface area contributed by atoms with E-state index >= 15 is 0 Å². The molecule has 8 aromatic carbocycles. The maximum Gasteiger partial charge on any atom is 0.554 e. The first-order chi connectivity index (χ1) is 43.2. The summed E-state index contributed by atoms with van der Waals surface area (Å²) in [6.07, 6.45) is 1.00. The Balaban J connectivity index is 0.000000597. The fourth-order valence-corrected chi connectivity index (χ4v) is 13.5. The van der Waals surface area contributed by atoms with E-state index in [0.29, 0.717) is 33.7 Å². The largest absolute Gasteiger partial charge is 0.554 e. The van der Waals surface area contributed by atoms with E-state index in [1.54, 1.807) is 48.5 Å². The number of benzene rings is 8. The van der Waals surface area contributed by atoms with Crippen LogP contribution in [0.25, 0.3) is 55.2 Å². The second-order valence-electron chi connectivity index (χ2n) is 20.3. The first-order valence-corrected chi connectivity index (χ1v) is 26.6. The normalized spacial score (nSPS) is 14.9. The molecule has 0 radical (unpaired) electrons. The molecule has 89 heavy (non-hydrogen) atoms. The zero-order valence-corrected chi connectivity index (χ0v) is 45.5. The maximum atomic E-state index is 13.2. The molecule has 6 aliphatic rings. The monoisotopic (exact) mass is 1180 g/mol. The van der Waals surface area contributed by atoms with Crippen molar-refractivity contribution in [1.82, 2.24) is 9.13 Å². The van der Waals surface area contributed by atoms with E-state index in [2.05, 4.69) is 66.8 Å². The van der Waals surface area contributed by atoms with E-state index in [-0.39, 0.29) is 46.9 Å². The summed E-state index contributed by atoms with van der Waals surface area (Å²) in [6, 6.07) is 61.4. The summed E-state index contributed by atoms with van der Waals surface area (Å²) in [4.78, 5) is 118. The van der Waals surface area contributed by atoms with Gasteiger partial charge in [-0.1, -0.05) is 137 Å². The van der Waals surface area contributed by atoms with E-state index in [9.17, 15) is 39.6 Å². The van der Waals surface area contributed by atoms with Crippen molar-refractivity contribution in [2.75, 3.05) is 0 Å². The van der Waals surface area contributed by atoms with Crippen molar-refractivity contribution in [2.24, 2.45) is 0 Å². The highest BCUT2D eigenvalue weighted by Gasteiger charge is 2.76. The lowest BCUT2D eigenvalue weighted by Gasteiger charge is -2.41. The molecule has 0 bridgehead atoms. The highest BCUT2D eigenvalue weighted by molar-refractivity contribution is 6.37. The first kappa shape index (κ1) is 56.3. The molecule has 20 heteroatoms. The number of carbonyl (C=O) groups excluding carboxylic acids is 8. The summed E-state index contributed by atoms with van der Waals surface area (Å²) in [5.41, 5.74) is 13.3. The Morgan fingerprint density at radius 3 is 1.07 bits per heavy atom. The second kappa shape index (κ2) is 21.8. The van der Waals surface area contributed by atoms with Crippen LogP contribution < -0.4 is 10.7 Å². The van der Waals surface area contributed by atoms with E-state index in [1.807, 2.05) is 91.0 Å². The number of carboxylic acids is 4. The van der Waals surface area contributed by atoms with Crippen molar-refractivity contribution in [3.05, 3.63) is 283 Å². The molecule has 2 aromatic heterocycles. The van der Waals surface area contributed by atoms with Crippen LogP contribution in [0.2, 0.25) is 0 Å². The molecule has 1 atom stereocenters. The molecule has 6 aliphatic heterocycles. The van der Waals surface area contributed by atoms with Crippen LogP contribution in [-0.4, -0.2) is 98.6 Å². The molecule has 10 aromatic rings. The van der Waals surface area contributed by atoms with E-state index in [4.69, 9.17) is 38.4 Å². The lowest BCUT2D eigenvalue weighted by atomic mass is 9.89. The summed E-state index contributed by atoms with van der Waals surface area (Å²) in [5.74, 6) is -6.28. The van der Waals surface area contributed by atoms with Crippen LogP contribution in [-0.2, 0) is 44.3 Å². The predicted molar refractivity (Wildman–Crippen MR) is 309 cm³/mol. The number of carbonyl (C=O) groups is 4. The third-order valence-corrected chi connectivity index (χ3v) is 16.2. The van der Waals surface area contributed by atoms with Crippen molar-refractivity contribution in [2.45, 2.75) is 5.91 Å². The van der Waals surface area contributed by atoms with Gasteiger partial charge in [-0.3, -0.25) is 0 Å². The summed E-state index contributed by atoms with van der Waals surface area (Å²) in [6.45, 7) is 0. The Kier molecular flexibility index (Phi) is 13.8. The Labute approximate surface area is 498 Å². The summed E-state index contributed by atoms with van der Waals surface area (Å²) >= 11 is 0. The zero-order chi connectivity index (χ0) is 62.7. The van der Waals surface area contributed by atoms with Crippen LogP contribution >= 0.6 is 0 Å². The van der Waals surface area contributed by atoms with Gasteiger partial charge in [0.1, 0.15) is 0 Å². The Hall–Kier alpha value is -13.2. The SMILES string of the molecule is O=C(O)c1cccc(C2=C3c4ccccc4C4=[N+]3C35n6c2c2ccccc2c6C(c2cc(C(=O)O)cc(C(=O)O)c2)=C2c6ccccc6C(=[N+]23)C(c2cccc(C(=O)O)c2)=c2c3ccccc3c(n25)=C4c2ccccc2)c1.O=C=O.O=C=O.O=C=O.O=C=O. The topological polar surface area (TPSA) is 302 Å². The van der Waals surface area contributed by atoms with Gasteiger partial charge < -0.3 is 20.4 Å². The number of aromatic carboxylic acids is 4. The molecule has 0 amide bonds. The van der Waals surface area contributed by atoms with Crippen LogP contribution in [0.1, 0.15) is 97.3 Å². The second-order valence-corrected chi connectivity index (χ2v) is 20.3. The minimum absolute atomic E-state index is 0.0955. The molecule has 20 nitrogen and oxygen atoms in total. The molecule has 1 spiro atoms. The standard InChI is InChI=1S/C65H34N4O8.4CO2/c70-61(71)36-18-12-16-34(28-36)50-55-43-22-6-4-20-41(43)53-49(33-14-2-1-3-15-33)54-42-21-5-7-23-44(42)56-51(35-17-13-19-37(29-35)62(72)73)58-46-25-9-11-27-48(46)60-52(38-30-39(63(74)75)32-40(31-38)64(76)77)59-47-26-10-8-24-45(47)57(50)68(59)65(66(53)55,67(54)56)69(58)60;4*2-1-3/h1-32H,(H2-2,70,71,72,73,74,75,76,77);;;;/p+2. The van der Waals surface area contributed by atoms with Crippen molar-refractivity contribution in [3.8, 4) is 0 Å². The van der Waals surface area contributed by atoms with Gasteiger partial charge >= 0.3 is 54.4 Å². The van der Waals surface area contributed by atoms with Crippen molar-refractivity contribution in [3.63, 3.8) is 0 Å². The van der Waals surface area contributed by atoms with Crippen LogP contribution in [0.5, 0.6) is 0 Å². The quantitative estimate of drug-likeness (QED) is 0.110. The van der Waals surface area contributed by atoms with E-state index in [0.717, 1.165) is 99.6 Å². The van der Waals surface area contributed by atoms with Gasteiger partial charge in [0.15, 0.2) is 0 Å². The molecule has 0 fully saturated rings. The lowest BCUT2D eigenvalue weighted by molar-refractivity contribution is -0.805. The number of carboxylic acid groups (broad SMARTS) is 4. The Bertz CT molecular complexity index is 5240. The number of fused-ring (bicyclic) bond motifs is 12. The van der Waals surface area contributed by atoms with Gasteiger partial charge in [0, 0.05) is 21.5 Å². The van der Waals surface area contributed by atoms with Gasteiger partial charge in [-0.15, -0.1) is 0 Å². The molecule has 1 unspecified atom stereocenters. The molecule has 4 N–H and O–H groups in total. The minimum atomic E-state index is -1.51. The molecule has 0 saturated carbocycles. The number of aromatic nitrogens is 2. The van der Waals surface area contributed by atoms with Crippen LogP contribution in [0.4, 0.5) is 0 Å². The van der Waals surface area contributed by atoms with Crippen molar-refractivity contribution < 1.29 is 87.1 Å². The van der Waals surface area contributed by atoms with Gasteiger partial charge in [-0.05, 0) is 89.0 Å². The smallest absolute Gasteiger partial charge is 0.478 e. The molecule has 0 aliphatic carbocycles. The highest BCUT2D eigenvalue weighted by atomic mass is 16.4. The average Bonchev–Trinajstić information content (AvgIpc) is 1.48. The van der Waals surface area contributed by atoms with Crippen LogP contribution in [0.15, 0.2) is 194 Å². The fourth-order valence-electron chi connectivity index (χ4n) is 13.5. The fraction of sp³-hybridized carbons (Fsp3) is 0.0145. The molecule has 0 saturated heterocycles. The molecule has 16 rings (SSSR count). The first-order valence-electron chi connectivity index (χ1n) is 26.6. The number of hydrogen-bond acceptors (Lipinski definition) is 12. The lowest BCUT2D eigenvalue weighted by Crippen LogP contribution is -2.71. The van der Waals surface area contributed by atoms with Crippen LogP contribution in [0, 0.1) is 0 Å². The van der Waals surface area contributed by atoms with Gasteiger partial charge in [0.05, 0.1) is 88.9 Å². The average molecular weight is 1180 g/mol. The van der Waals surface area contributed by atoms with Gasteiger partial charge in [0.25, 0.3) is 0 Å². The third-order valence-electron chi connectivity index (χ3n) is 16.2. The number of hydrogen-bond donors (Lipinski definition) is 4. The molecular formula is C69H36N4O16+2. The van der Waals surface area contributed by atoms with Crippen LogP contribution in [0.3, 0.4) is 0 Å². The van der Waals surface area contributed by atoms with Gasteiger partial charge in [0.2, 0.25) is 22.8 Å². The Morgan fingerprint density at radius 1 is 0.326 bits per heavy atom. The maximum absolute atomic E-state index is 13.2. The third kappa shape index (κ3) is 7.99. The Morgan fingerprint density at radius 2 is 0.652 bits per heavy atom. The van der Waals surface area contributed by atoms with Crippen molar-refractivity contribution in [1.29, 1.82) is 0 Å². The molecular weight excluding hydrogens is 1140 g/mol. The summed E-state index contributed by atoms with van der Waals surface area (Å²) < 4.78 is 9.53. The molecule has 426 valence electrons. The summed E-state index contributed by atoms with van der Waals surface area (Å²) in [5, 5.41) is 48.1. The minimum Gasteiger partial charge on any atom is -0.478 e. The zero-order valence-electron chi connectivity index (χ0n) is 45.5. The highest BCUT2D eigenvalue weighted by Crippen LogP contribution is 2.61. The number of nitrogens with zero attached hydrogens (tertiary/aromatic N) is 4. The number of rotatable bonds is 8. The van der Waals surface area contributed by atoms with Crippen molar-refractivity contribution >= 4 is 115 Å². The van der Waals surface area contributed by atoms with E-state index in [1.165, 1.54) is 6.07 Å². The van der Waals surface area contributed by atoms with Gasteiger partial charge in [-0.2, -0.15) is 47.5 Å². The summed E-state index contributed by atoms with van der Waals surface area (Å²) in [7, 11) is 0. The predicted octanol–water partition coefficient (Wildman–Crippen LogP) is 7.09. The van der Waals surface area contributed by atoms with Gasteiger partial charge in [-0.25, -0.2) is 19.2 Å². The van der Waals surface area contributed by atoms with E-state index < -0.39 is 29.8 Å².